The number of fused-ring (bicyclic) bond motifs is 1. The van der Waals surface area contributed by atoms with Crippen LogP contribution < -0.4 is 5.32 Å². The van der Waals surface area contributed by atoms with Crippen LogP contribution in [-0.2, 0) is 10.9 Å². The van der Waals surface area contributed by atoms with E-state index < -0.39 is 17.7 Å². The largest absolute Gasteiger partial charge is 0.462 e. The summed E-state index contributed by atoms with van der Waals surface area (Å²) in [5.74, 6) is -0.573. The average molecular weight is 298 g/mol. The number of hydrogen-bond acceptors (Lipinski definition) is 4. The average Bonchev–Trinajstić information content (AvgIpc) is 2.44. The van der Waals surface area contributed by atoms with Crippen LogP contribution in [-0.4, -0.2) is 24.6 Å². The van der Waals surface area contributed by atoms with E-state index in [9.17, 15) is 18.0 Å². The highest BCUT2D eigenvalue weighted by atomic mass is 19.4. The Bertz CT molecular complexity index is 684. The molecule has 0 saturated carbocycles. The van der Waals surface area contributed by atoms with Gasteiger partial charge in [-0.25, -0.2) is 4.79 Å². The number of hydrogen-bond donors (Lipinski definition) is 1. The molecule has 1 aromatic carbocycles. The highest BCUT2D eigenvalue weighted by molar-refractivity contribution is 6.04. The number of alkyl halides is 3. The maximum atomic E-state index is 12.7. The summed E-state index contributed by atoms with van der Waals surface area (Å²) < 4.78 is 43.0. The van der Waals surface area contributed by atoms with Crippen molar-refractivity contribution < 1.29 is 22.7 Å². The Labute approximate surface area is 118 Å². The fourth-order valence-electron chi connectivity index (χ4n) is 2.00. The molecule has 7 heteroatoms. The Morgan fingerprint density at radius 1 is 1.38 bits per heavy atom. The molecule has 21 heavy (non-hydrogen) atoms. The molecule has 0 spiro atoms. The molecule has 1 heterocycles. The molecule has 0 radical (unpaired) electrons. The van der Waals surface area contributed by atoms with Crippen molar-refractivity contribution in [2.24, 2.45) is 0 Å². The lowest BCUT2D eigenvalue weighted by Crippen LogP contribution is -2.10. The summed E-state index contributed by atoms with van der Waals surface area (Å²) in [6.07, 6.45) is -3.22. The highest BCUT2D eigenvalue weighted by Crippen LogP contribution is 2.33. The fourth-order valence-corrected chi connectivity index (χ4v) is 2.00. The number of carbonyl (C=O) groups excluding carboxylic acids is 1. The number of nitrogens with one attached hydrogen (secondary N) is 1. The molecule has 4 nitrogen and oxygen atoms in total. The Morgan fingerprint density at radius 3 is 2.67 bits per heavy atom. The second-order valence-electron chi connectivity index (χ2n) is 4.25. The van der Waals surface area contributed by atoms with Gasteiger partial charge in [0.15, 0.2) is 0 Å². The molecule has 1 N–H and O–H groups in total. The number of carbonyl (C=O) groups is 1. The van der Waals surface area contributed by atoms with E-state index in [4.69, 9.17) is 4.74 Å². The predicted octanol–water partition coefficient (Wildman–Crippen LogP) is 3.47. The zero-order valence-corrected chi connectivity index (χ0v) is 11.4. The topological polar surface area (TPSA) is 51.2 Å². The third-order valence-corrected chi connectivity index (χ3v) is 2.94. The van der Waals surface area contributed by atoms with Crippen LogP contribution in [0.1, 0.15) is 22.8 Å². The number of benzene rings is 1. The Balaban J connectivity index is 2.61. The molecule has 2 aromatic rings. The summed E-state index contributed by atoms with van der Waals surface area (Å²) in [5.41, 5.74) is -0.0468. The zero-order valence-electron chi connectivity index (χ0n) is 11.4. The molecular formula is C14H13F3N2O2. The number of anilines is 1. The molecule has 0 bridgehead atoms. The summed E-state index contributed by atoms with van der Waals surface area (Å²) in [7, 11) is 1.58. The molecule has 1 aromatic heterocycles. The lowest BCUT2D eigenvalue weighted by Gasteiger charge is -2.13. The number of nitrogens with zero attached hydrogens (tertiary/aromatic N) is 1. The minimum Gasteiger partial charge on any atom is -0.462 e. The van der Waals surface area contributed by atoms with Gasteiger partial charge in [0, 0.05) is 18.6 Å². The van der Waals surface area contributed by atoms with Gasteiger partial charge < -0.3 is 10.1 Å². The van der Waals surface area contributed by atoms with Gasteiger partial charge in [-0.3, -0.25) is 4.98 Å². The van der Waals surface area contributed by atoms with Gasteiger partial charge in [-0.05, 0) is 19.1 Å². The standard InChI is InChI=1S/C14H13F3N2O2/c1-3-21-13(20)10-7-19-11-6-8(14(15,16)17)4-5-9(11)12(10)18-2/h4-7H,3H2,1-2H3,(H,18,19). The first-order chi connectivity index (χ1) is 9.88. The summed E-state index contributed by atoms with van der Waals surface area (Å²) in [4.78, 5) is 15.7. The Hall–Kier alpha value is -2.31. The van der Waals surface area contributed by atoms with Gasteiger partial charge in [0.25, 0.3) is 0 Å². The van der Waals surface area contributed by atoms with Crippen molar-refractivity contribution in [1.29, 1.82) is 0 Å². The molecule has 0 saturated heterocycles. The van der Waals surface area contributed by atoms with E-state index in [2.05, 4.69) is 10.3 Å². The first-order valence-corrected chi connectivity index (χ1v) is 6.23. The monoisotopic (exact) mass is 298 g/mol. The first-order valence-electron chi connectivity index (χ1n) is 6.23. The molecule has 0 fully saturated rings. The number of rotatable bonds is 3. The molecule has 0 unspecified atom stereocenters. The van der Waals surface area contributed by atoms with Crippen LogP contribution >= 0.6 is 0 Å². The minimum absolute atomic E-state index is 0.155. The van der Waals surface area contributed by atoms with Crippen molar-refractivity contribution in [1.82, 2.24) is 4.98 Å². The van der Waals surface area contributed by atoms with Gasteiger partial charge in [-0.15, -0.1) is 0 Å². The molecule has 0 aliphatic rings. The van der Waals surface area contributed by atoms with E-state index >= 15 is 0 Å². The molecule has 2 rings (SSSR count). The van der Waals surface area contributed by atoms with Crippen LogP contribution in [0.25, 0.3) is 10.9 Å². The van der Waals surface area contributed by atoms with Crippen molar-refractivity contribution in [3.8, 4) is 0 Å². The molecule has 0 aliphatic carbocycles. The summed E-state index contributed by atoms with van der Waals surface area (Å²) in [6, 6.07) is 3.20. The van der Waals surface area contributed by atoms with E-state index in [1.807, 2.05) is 0 Å². The molecule has 112 valence electrons. The van der Waals surface area contributed by atoms with Gasteiger partial charge >= 0.3 is 12.1 Å². The van der Waals surface area contributed by atoms with E-state index in [0.717, 1.165) is 12.1 Å². The molecule has 0 atom stereocenters. The number of ether oxygens (including phenoxy) is 1. The van der Waals surface area contributed by atoms with Crippen molar-refractivity contribution >= 4 is 22.6 Å². The lowest BCUT2D eigenvalue weighted by atomic mass is 10.1. The summed E-state index contributed by atoms with van der Waals surface area (Å²) >= 11 is 0. The van der Waals surface area contributed by atoms with Crippen molar-refractivity contribution in [3.05, 3.63) is 35.5 Å². The summed E-state index contributed by atoms with van der Waals surface area (Å²) in [5, 5.41) is 3.24. The minimum atomic E-state index is -4.44. The van der Waals surface area contributed by atoms with E-state index in [0.29, 0.717) is 11.1 Å². The number of esters is 1. The van der Waals surface area contributed by atoms with Crippen LogP contribution in [0.15, 0.2) is 24.4 Å². The maximum absolute atomic E-state index is 12.7. The SMILES string of the molecule is CCOC(=O)c1cnc2cc(C(F)(F)F)ccc2c1NC. The Kier molecular flexibility index (Phi) is 4.02. The molecular weight excluding hydrogens is 285 g/mol. The number of aromatic nitrogens is 1. The lowest BCUT2D eigenvalue weighted by molar-refractivity contribution is -0.137. The maximum Gasteiger partial charge on any atom is 0.416 e. The number of pyridine rings is 1. The normalized spacial score (nSPS) is 11.5. The van der Waals surface area contributed by atoms with E-state index in [-0.39, 0.29) is 17.7 Å². The highest BCUT2D eigenvalue weighted by Gasteiger charge is 2.31. The van der Waals surface area contributed by atoms with Crippen molar-refractivity contribution in [3.63, 3.8) is 0 Å². The van der Waals surface area contributed by atoms with Crippen molar-refractivity contribution in [2.45, 2.75) is 13.1 Å². The molecule has 0 amide bonds. The van der Waals surface area contributed by atoms with Crippen molar-refractivity contribution in [2.75, 3.05) is 19.0 Å². The third kappa shape index (κ3) is 2.91. The second kappa shape index (κ2) is 5.59. The van der Waals surface area contributed by atoms with Crippen LogP contribution in [0, 0.1) is 0 Å². The van der Waals surface area contributed by atoms with Crippen LogP contribution in [0.5, 0.6) is 0 Å². The van der Waals surface area contributed by atoms with Crippen LogP contribution in [0.4, 0.5) is 18.9 Å². The van der Waals surface area contributed by atoms with Gasteiger partial charge in [0.2, 0.25) is 0 Å². The number of halogens is 3. The smallest absolute Gasteiger partial charge is 0.416 e. The van der Waals surface area contributed by atoms with E-state index in [1.165, 1.54) is 12.3 Å². The van der Waals surface area contributed by atoms with Gasteiger partial charge in [0.05, 0.1) is 23.4 Å². The second-order valence-corrected chi connectivity index (χ2v) is 4.25. The first kappa shape index (κ1) is 15.1. The zero-order chi connectivity index (χ0) is 15.6. The quantitative estimate of drug-likeness (QED) is 0.882. The fraction of sp³-hybridized carbons (Fsp3) is 0.286. The third-order valence-electron chi connectivity index (χ3n) is 2.94. The van der Waals surface area contributed by atoms with Crippen LogP contribution in [0.3, 0.4) is 0 Å². The van der Waals surface area contributed by atoms with Gasteiger partial charge in [-0.1, -0.05) is 6.07 Å². The van der Waals surface area contributed by atoms with E-state index in [1.54, 1.807) is 14.0 Å². The van der Waals surface area contributed by atoms with Crippen LogP contribution in [0.2, 0.25) is 0 Å². The summed E-state index contributed by atoms with van der Waals surface area (Å²) in [6.45, 7) is 1.87. The van der Waals surface area contributed by atoms with Gasteiger partial charge in [-0.2, -0.15) is 13.2 Å². The predicted molar refractivity (Wildman–Crippen MR) is 72.2 cm³/mol. The molecule has 0 aliphatic heterocycles. The van der Waals surface area contributed by atoms with Gasteiger partial charge in [0.1, 0.15) is 5.56 Å². The Morgan fingerprint density at radius 2 is 2.10 bits per heavy atom.